The first-order chi connectivity index (χ1) is 17.0. The van der Waals surface area contributed by atoms with Crippen molar-refractivity contribution in [2.45, 2.75) is 19.9 Å². The molecule has 1 atom stereocenters. The van der Waals surface area contributed by atoms with Gasteiger partial charge in [0.1, 0.15) is 17.6 Å². The number of aromatic nitrogens is 1. The van der Waals surface area contributed by atoms with Crippen LogP contribution in [0.3, 0.4) is 0 Å². The van der Waals surface area contributed by atoms with E-state index in [2.05, 4.69) is 4.99 Å². The van der Waals surface area contributed by atoms with Gasteiger partial charge in [0.25, 0.3) is 5.56 Å². The molecular weight excluding hydrogens is 484 g/mol. The molecule has 2 aromatic carbocycles. The van der Waals surface area contributed by atoms with Crippen molar-refractivity contribution in [3.63, 3.8) is 0 Å². The van der Waals surface area contributed by atoms with Crippen LogP contribution in [-0.4, -0.2) is 17.1 Å². The van der Waals surface area contributed by atoms with Gasteiger partial charge >= 0.3 is 5.97 Å². The number of thiazole rings is 1. The Kier molecular flexibility index (Phi) is 6.28. The number of esters is 1. The second kappa shape index (κ2) is 9.52. The summed E-state index contributed by atoms with van der Waals surface area (Å²) < 4.78 is 13.2. The number of ether oxygens (including phenoxy) is 1. The summed E-state index contributed by atoms with van der Waals surface area (Å²) >= 11 is 7.76. The van der Waals surface area contributed by atoms with E-state index in [1.165, 1.54) is 15.9 Å². The van der Waals surface area contributed by atoms with Crippen LogP contribution in [0.15, 0.2) is 92.2 Å². The van der Waals surface area contributed by atoms with Crippen LogP contribution in [0, 0.1) is 0 Å². The predicted molar refractivity (Wildman–Crippen MR) is 136 cm³/mol. The molecule has 35 heavy (non-hydrogen) atoms. The Morgan fingerprint density at radius 3 is 2.63 bits per heavy atom. The molecule has 0 aliphatic carbocycles. The summed E-state index contributed by atoms with van der Waals surface area (Å²) in [5, 5.41) is 0.446. The van der Waals surface area contributed by atoms with Gasteiger partial charge in [-0.25, -0.2) is 9.79 Å². The Morgan fingerprint density at radius 1 is 1.14 bits per heavy atom. The predicted octanol–water partition coefficient (Wildman–Crippen LogP) is 4.71. The topological polar surface area (TPSA) is 73.8 Å². The average molecular weight is 505 g/mol. The van der Waals surface area contributed by atoms with E-state index in [0.717, 1.165) is 5.56 Å². The molecule has 0 unspecified atom stereocenters. The first-order valence-electron chi connectivity index (χ1n) is 11.1. The summed E-state index contributed by atoms with van der Waals surface area (Å²) in [5.74, 6) is 0.732. The maximum atomic E-state index is 13.6. The van der Waals surface area contributed by atoms with Crippen molar-refractivity contribution in [2.75, 3.05) is 6.61 Å². The number of nitrogens with zero attached hydrogens (tertiary/aromatic N) is 2. The fourth-order valence-corrected chi connectivity index (χ4v) is 5.37. The standard InChI is InChI=1S/C27H21ClN2O4S/c1-3-33-26(32)23-16(2)29-27-30(24(23)19-11-7-8-12-20(19)28)25(31)22(35-27)15-18-13-14-21(34-18)17-9-5-4-6-10-17/h4-15,24H,3H2,1-2H3/b22-15-/t24-/m0/s1. The van der Waals surface area contributed by atoms with Gasteiger partial charge in [-0.1, -0.05) is 71.5 Å². The third-order valence-electron chi connectivity index (χ3n) is 5.68. The number of carbonyl (C=O) groups is 1. The number of benzene rings is 2. The Hall–Kier alpha value is -3.68. The second-order valence-electron chi connectivity index (χ2n) is 7.89. The fourth-order valence-electron chi connectivity index (χ4n) is 4.10. The van der Waals surface area contributed by atoms with Gasteiger partial charge in [0.15, 0.2) is 4.80 Å². The molecule has 1 aliphatic rings. The highest BCUT2D eigenvalue weighted by molar-refractivity contribution is 7.07. The van der Waals surface area contributed by atoms with Crippen molar-refractivity contribution in [3.05, 3.63) is 114 Å². The van der Waals surface area contributed by atoms with E-state index in [0.29, 0.717) is 42.7 Å². The molecule has 0 radical (unpaired) electrons. The van der Waals surface area contributed by atoms with E-state index in [1.807, 2.05) is 48.5 Å². The minimum atomic E-state index is -0.752. The average Bonchev–Trinajstić information content (AvgIpc) is 3.44. The first kappa shape index (κ1) is 23.1. The Morgan fingerprint density at radius 2 is 1.89 bits per heavy atom. The molecule has 1 aliphatic heterocycles. The lowest BCUT2D eigenvalue weighted by atomic mass is 9.96. The number of rotatable bonds is 5. The van der Waals surface area contributed by atoms with Crippen molar-refractivity contribution in [2.24, 2.45) is 4.99 Å². The lowest BCUT2D eigenvalue weighted by Crippen LogP contribution is -2.40. The van der Waals surface area contributed by atoms with Gasteiger partial charge < -0.3 is 9.15 Å². The third-order valence-corrected chi connectivity index (χ3v) is 7.00. The normalized spacial score (nSPS) is 15.6. The number of allylic oxidation sites excluding steroid dienone is 1. The van der Waals surface area contributed by atoms with Gasteiger partial charge in [0.05, 0.1) is 22.4 Å². The monoisotopic (exact) mass is 504 g/mol. The molecule has 6 nitrogen and oxygen atoms in total. The summed E-state index contributed by atoms with van der Waals surface area (Å²) in [6, 6.07) is 19.8. The molecule has 0 saturated heterocycles. The van der Waals surface area contributed by atoms with Crippen LogP contribution in [0.25, 0.3) is 17.4 Å². The van der Waals surface area contributed by atoms with E-state index in [9.17, 15) is 9.59 Å². The molecule has 5 rings (SSSR count). The minimum Gasteiger partial charge on any atom is -0.463 e. The summed E-state index contributed by atoms with van der Waals surface area (Å²) in [6.07, 6.45) is 1.70. The highest BCUT2D eigenvalue weighted by Crippen LogP contribution is 2.34. The molecule has 0 N–H and O–H groups in total. The lowest BCUT2D eigenvalue weighted by Gasteiger charge is -2.25. The van der Waals surface area contributed by atoms with Crippen LogP contribution in [-0.2, 0) is 9.53 Å². The van der Waals surface area contributed by atoms with Gasteiger partial charge in [0.2, 0.25) is 0 Å². The smallest absolute Gasteiger partial charge is 0.338 e. The molecule has 2 aromatic heterocycles. The van der Waals surface area contributed by atoms with Crippen LogP contribution in [0.5, 0.6) is 0 Å². The van der Waals surface area contributed by atoms with E-state index >= 15 is 0 Å². The van der Waals surface area contributed by atoms with Gasteiger partial charge in [0, 0.05) is 16.7 Å². The molecule has 8 heteroatoms. The lowest BCUT2D eigenvalue weighted by molar-refractivity contribution is -0.139. The van der Waals surface area contributed by atoms with E-state index in [4.69, 9.17) is 20.8 Å². The van der Waals surface area contributed by atoms with Gasteiger partial charge in [-0.05, 0) is 37.6 Å². The zero-order valence-electron chi connectivity index (χ0n) is 19.0. The summed E-state index contributed by atoms with van der Waals surface area (Å²) in [7, 11) is 0. The van der Waals surface area contributed by atoms with Crippen LogP contribution >= 0.6 is 22.9 Å². The Bertz CT molecular complexity index is 1630. The van der Waals surface area contributed by atoms with Crippen molar-refractivity contribution >= 4 is 35.0 Å². The third kappa shape index (κ3) is 4.29. The van der Waals surface area contributed by atoms with Crippen LogP contribution in [0.2, 0.25) is 5.02 Å². The molecule has 0 fully saturated rings. The number of fused-ring (bicyclic) bond motifs is 1. The highest BCUT2D eigenvalue weighted by atomic mass is 35.5. The molecule has 176 valence electrons. The molecule has 4 aromatic rings. The van der Waals surface area contributed by atoms with E-state index in [1.54, 1.807) is 38.1 Å². The quantitative estimate of drug-likeness (QED) is 0.369. The van der Waals surface area contributed by atoms with Crippen molar-refractivity contribution in [1.82, 2.24) is 4.57 Å². The van der Waals surface area contributed by atoms with Crippen LogP contribution < -0.4 is 14.9 Å². The number of hydrogen-bond donors (Lipinski definition) is 0. The maximum absolute atomic E-state index is 13.6. The SMILES string of the molecule is CCOC(=O)C1=C(C)N=c2s/c(=C\c3ccc(-c4ccccc4)o3)c(=O)n2[C@H]1c1ccccc1Cl. The summed E-state index contributed by atoms with van der Waals surface area (Å²) in [5.41, 5.74) is 2.07. The van der Waals surface area contributed by atoms with E-state index < -0.39 is 12.0 Å². The zero-order chi connectivity index (χ0) is 24.5. The van der Waals surface area contributed by atoms with Gasteiger partial charge in [-0.15, -0.1) is 0 Å². The first-order valence-corrected chi connectivity index (χ1v) is 12.3. The molecular formula is C27H21ClN2O4S. The second-order valence-corrected chi connectivity index (χ2v) is 9.31. The van der Waals surface area contributed by atoms with Gasteiger partial charge in [-0.3, -0.25) is 9.36 Å². The molecule has 3 heterocycles. The van der Waals surface area contributed by atoms with Crippen molar-refractivity contribution < 1.29 is 13.9 Å². The van der Waals surface area contributed by atoms with Crippen LogP contribution in [0.4, 0.5) is 0 Å². The Labute approximate surface area is 210 Å². The van der Waals surface area contributed by atoms with Crippen LogP contribution in [0.1, 0.15) is 31.2 Å². The minimum absolute atomic E-state index is 0.206. The largest absolute Gasteiger partial charge is 0.463 e. The number of carbonyl (C=O) groups excluding carboxylic acids is 1. The molecule has 0 amide bonds. The van der Waals surface area contributed by atoms with Crippen molar-refractivity contribution in [1.29, 1.82) is 0 Å². The summed E-state index contributed by atoms with van der Waals surface area (Å²) in [4.78, 5) is 31.6. The van der Waals surface area contributed by atoms with Crippen molar-refractivity contribution in [3.8, 4) is 11.3 Å². The number of halogens is 1. The zero-order valence-corrected chi connectivity index (χ0v) is 20.6. The summed E-state index contributed by atoms with van der Waals surface area (Å²) in [6.45, 7) is 3.68. The Balaban J connectivity index is 1.67. The van der Waals surface area contributed by atoms with Gasteiger partial charge in [-0.2, -0.15) is 0 Å². The number of furan rings is 1. The fraction of sp³-hybridized carbons (Fsp3) is 0.148. The molecule has 0 bridgehead atoms. The van der Waals surface area contributed by atoms with E-state index in [-0.39, 0.29) is 12.2 Å². The highest BCUT2D eigenvalue weighted by Gasteiger charge is 2.34. The number of hydrogen-bond acceptors (Lipinski definition) is 6. The molecule has 0 saturated carbocycles. The molecule has 0 spiro atoms. The maximum Gasteiger partial charge on any atom is 0.338 e.